The van der Waals surface area contributed by atoms with Crippen molar-refractivity contribution in [2.75, 3.05) is 0 Å². The van der Waals surface area contributed by atoms with Gasteiger partial charge in [0.05, 0.1) is 10.0 Å². The Bertz CT molecular complexity index is 641. The first-order valence-corrected chi connectivity index (χ1v) is 6.20. The largest absolute Gasteiger partial charge is 0.455 e. The molecule has 0 spiro atoms. The first-order chi connectivity index (χ1) is 8.99. The molecule has 0 amide bonds. The smallest absolute Gasteiger partial charge is 0.166 e. The molecule has 0 heterocycles. The molecule has 19 heavy (non-hydrogen) atoms. The maximum absolute atomic E-state index is 13.6. The standard InChI is InChI=1S/C14H9BrF2O2/c1-8(18)14-11(17)3-2-4-13(14)19-12-6-5-9(16)7-10(12)15/h2-7H,1H3. The van der Waals surface area contributed by atoms with Gasteiger partial charge in [-0.3, -0.25) is 4.79 Å². The van der Waals surface area contributed by atoms with Gasteiger partial charge >= 0.3 is 0 Å². The van der Waals surface area contributed by atoms with Crippen LogP contribution in [0.2, 0.25) is 0 Å². The van der Waals surface area contributed by atoms with Gasteiger partial charge in [0, 0.05) is 0 Å². The summed E-state index contributed by atoms with van der Waals surface area (Å²) in [5.41, 5.74) is -0.126. The monoisotopic (exact) mass is 326 g/mol. The number of benzene rings is 2. The van der Waals surface area contributed by atoms with Crippen LogP contribution in [0.15, 0.2) is 40.9 Å². The van der Waals surface area contributed by atoms with E-state index in [2.05, 4.69) is 15.9 Å². The summed E-state index contributed by atoms with van der Waals surface area (Å²) in [6.07, 6.45) is 0. The summed E-state index contributed by atoms with van der Waals surface area (Å²) in [5.74, 6) is -1.12. The van der Waals surface area contributed by atoms with Crippen molar-refractivity contribution in [2.24, 2.45) is 0 Å². The molecule has 2 rings (SSSR count). The highest BCUT2D eigenvalue weighted by atomic mass is 79.9. The van der Waals surface area contributed by atoms with Gasteiger partial charge in [0.1, 0.15) is 23.1 Å². The molecule has 0 radical (unpaired) electrons. The van der Waals surface area contributed by atoms with Gasteiger partial charge in [-0.2, -0.15) is 0 Å². The van der Waals surface area contributed by atoms with Crippen LogP contribution in [0.3, 0.4) is 0 Å². The lowest BCUT2D eigenvalue weighted by molar-refractivity contribution is 0.101. The molecule has 2 nitrogen and oxygen atoms in total. The lowest BCUT2D eigenvalue weighted by Gasteiger charge is -2.11. The molecular formula is C14H9BrF2O2. The van der Waals surface area contributed by atoms with Crippen LogP contribution < -0.4 is 4.74 Å². The van der Waals surface area contributed by atoms with Gasteiger partial charge in [0.15, 0.2) is 5.78 Å². The Balaban J connectivity index is 2.44. The normalized spacial score (nSPS) is 10.3. The van der Waals surface area contributed by atoms with Crippen molar-refractivity contribution < 1.29 is 18.3 Å². The second-order valence-electron chi connectivity index (χ2n) is 3.85. The first kappa shape index (κ1) is 13.7. The van der Waals surface area contributed by atoms with Crippen LogP contribution in [0.4, 0.5) is 8.78 Å². The summed E-state index contributed by atoms with van der Waals surface area (Å²) >= 11 is 3.14. The van der Waals surface area contributed by atoms with Crippen molar-refractivity contribution in [3.63, 3.8) is 0 Å². The number of carbonyl (C=O) groups excluding carboxylic acids is 1. The predicted octanol–water partition coefficient (Wildman–Crippen LogP) is 4.72. The average Bonchev–Trinajstić information content (AvgIpc) is 2.32. The third kappa shape index (κ3) is 2.98. The fraction of sp³-hybridized carbons (Fsp3) is 0.0714. The third-order valence-corrected chi connectivity index (χ3v) is 3.06. The summed E-state index contributed by atoms with van der Waals surface area (Å²) in [6.45, 7) is 1.25. The number of hydrogen-bond donors (Lipinski definition) is 0. The molecule has 0 aromatic heterocycles. The molecule has 0 bridgehead atoms. The Hall–Kier alpha value is -1.75. The van der Waals surface area contributed by atoms with E-state index in [1.165, 1.54) is 43.3 Å². The summed E-state index contributed by atoms with van der Waals surface area (Å²) < 4.78 is 32.4. The van der Waals surface area contributed by atoms with Gasteiger partial charge in [-0.15, -0.1) is 0 Å². The average molecular weight is 327 g/mol. The minimum absolute atomic E-state index is 0.0970. The van der Waals surface area contributed by atoms with Crippen LogP contribution in [0.1, 0.15) is 17.3 Å². The zero-order chi connectivity index (χ0) is 14.0. The molecular weight excluding hydrogens is 318 g/mol. The Kier molecular flexibility index (Phi) is 3.95. The van der Waals surface area contributed by atoms with Gasteiger partial charge in [-0.25, -0.2) is 8.78 Å². The molecule has 2 aromatic carbocycles. The van der Waals surface area contributed by atoms with E-state index in [4.69, 9.17) is 4.74 Å². The number of carbonyl (C=O) groups is 1. The Morgan fingerprint density at radius 3 is 2.53 bits per heavy atom. The van der Waals surface area contributed by atoms with Crippen molar-refractivity contribution in [1.82, 2.24) is 0 Å². The zero-order valence-corrected chi connectivity index (χ0v) is 11.5. The lowest BCUT2D eigenvalue weighted by atomic mass is 10.1. The molecule has 0 fully saturated rings. The van der Waals surface area contributed by atoms with E-state index < -0.39 is 17.4 Å². The highest BCUT2D eigenvalue weighted by molar-refractivity contribution is 9.10. The molecule has 0 unspecified atom stereocenters. The van der Waals surface area contributed by atoms with Crippen LogP contribution in [-0.2, 0) is 0 Å². The van der Waals surface area contributed by atoms with Gasteiger partial charge in [0.25, 0.3) is 0 Å². The number of ketones is 1. The third-order valence-electron chi connectivity index (χ3n) is 2.44. The molecule has 98 valence electrons. The van der Waals surface area contributed by atoms with Crippen molar-refractivity contribution in [1.29, 1.82) is 0 Å². The van der Waals surface area contributed by atoms with E-state index in [0.717, 1.165) is 0 Å². The molecule has 0 aliphatic rings. The zero-order valence-electron chi connectivity index (χ0n) is 9.91. The van der Waals surface area contributed by atoms with E-state index in [9.17, 15) is 13.6 Å². The van der Waals surface area contributed by atoms with E-state index >= 15 is 0 Å². The van der Waals surface area contributed by atoms with Crippen molar-refractivity contribution in [2.45, 2.75) is 6.92 Å². The minimum Gasteiger partial charge on any atom is -0.455 e. The Morgan fingerprint density at radius 2 is 1.89 bits per heavy atom. The van der Waals surface area contributed by atoms with Crippen LogP contribution in [0.25, 0.3) is 0 Å². The lowest BCUT2D eigenvalue weighted by Crippen LogP contribution is -2.01. The Morgan fingerprint density at radius 1 is 1.16 bits per heavy atom. The van der Waals surface area contributed by atoms with Crippen molar-refractivity contribution >= 4 is 21.7 Å². The quantitative estimate of drug-likeness (QED) is 0.763. The number of ether oxygens (including phenoxy) is 1. The highest BCUT2D eigenvalue weighted by Crippen LogP contribution is 2.32. The summed E-state index contributed by atoms with van der Waals surface area (Å²) in [4.78, 5) is 11.4. The summed E-state index contributed by atoms with van der Waals surface area (Å²) in [7, 11) is 0. The number of rotatable bonds is 3. The molecule has 0 saturated heterocycles. The van der Waals surface area contributed by atoms with Crippen molar-refractivity contribution in [3.05, 3.63) is 58.1 Å². The number of Topliss-reactive ketones (excluding diaryl/α,β-unsaturated/α-hetero) is 1. The maximum atomic E-state index is 13.6. The second-order valence-corrected chi connectivity index (χ2v) is 4.70. The molecule has 0 saturated carbocycles. The molecule has 0 N–H and O–H groups in total. The van der Waals surface area contributed by atoms with Gasteiger partial charge < -0.3 is 4.74 Å². The van der Waals surface area contributed by atoms with E-state index in [0.29, 0.717) is 10.2 Å². The van der Waals surface area contributed by atoms with Crippen LogP contribution in [-0.4, -0.2) is 5.78 Å². The van der Waals surface area contributed by atoms with Crippen molar-refractivity contribution in [3.8, 4) is 11.5 Å². The number of halogens is 3. The summed E-state index contributed by atoms with van der Waals surface area (Å²) in [6, 6.07) is 7.94. The predicted molar refractivity (Wildman–Crippen MR) is 70.6 cm³/mol. The maximum Gasteiger partial charge on any atom is 0.166 e. The van der Waals surface area contributed by atoms with E-state index in [1.807, 2.05) is 0 Å². The fourth-order valence-electron chi connectivity index (χ4n) is 1.61. The highest BCUT2D eigenvalue weighted by Gasteiger charge is 2.15. The molecule has 0 atom stereocenters. The van der Waals surface area contributed by atoms with Gasteiger partial charge in [-0.1, -0.05) is 6.07 Å². The van der Waals surface area contributed by atoms with Gasteiger partial charge in [0.2, 0.25) is 0 Å². The van der Waals surface area contributed by atoms with E-state index in [-0.39, 0.29) is 11.3 Å². The van der Waals surface area contributed by atoms with Crippen LogP contribution in [0.5, 0.6) is 11.5 Å². The van der Waals surface area contributed by atoms with Gasteiger partial charge in [-0.05, 0) is 53.2 Å². The van der Waals surface area contributed by atoms with E-state index in [1.54, 1.807) is 0 Å². The second kappa shape index (κ2) is 5.48. The molecule has 2 aromatic rings. The molecule has 0 aliphatic carbocycles. The first-order valence-electron chi connectivity index (χ1n) is 5.41. The molecule has 5 heteroatoms. The topological polar surface area (TPSA) is 26.3 Å². The fourth-order valence-corrected chi connectivity index (χ4v) is 2.04. The number of hydrogen-bond acceptors (Lipinski definition) is 2. The summed E-state index contributed by atoms with van der Waals surface area (Å²) in [5, 5.41) is 0. The minimum atomic E-state index is -0.650. The SMILES string of the molecule is CC(=O)c1c(F)cccc1Oc1ccc(F)cc1Br. The van der Waals surface area contributed by atoms with Crippen LogP contribution in [0, 0.1) is 11.6 Å². The molecule has 0 aliphatic heterocycles. The Labute approximate surface area is 117 Å². The van der Waals surface area contributed by atoms with Crippen LogP contribution >= 0.6 is 15.9 Å².